The van der Waals surface area contributed by atoms with Crippen LogP contribution in [0.15, 0.2) is 30.3 Å². The minimum atomic E-state index is -0.217. The molecule has 0 radical (unpaired) electrons. The normalized spacial score (nSPS) is 17.3. The Kier molecular flexibility index (Phi) is 6.98. The molecule has 0 saturated carbocycles. The number of amides is 2. The number of piperidine rings is 1. The van der Waals surface area contributed by atoms with Gasteiger partial charge in [0.25, 0.3) is 5.91 Å². The van der Waals surface area contributed by atoms with E-state index in [-0.39, 0.29) is 17.7 Å². The minimum Gasteiger partial charge on any atom is -0.369 e. The molecular formula is C22H29ClN4O2. The molecule has 1 fully saturated rings. The number of aryl methyl sites for hydroxylation is 2. The summed E-state index contributed by atoms with van der Waals surface area (Å²) >= 11 is 6.29. The lowest BCUT2D eigenvalue weighted by Gasteiger charge is -2.31. The monoisotopic (exact) mass is 416 g/mol. The van der Waals surface area contributed by atoms with Gasteiger partial charge >= 0.3 is 0 Å². The summed E-state index contributed by atoms with van der Waals surface area (Å²) in [5.74, 6) is -0.445. The summed E-state index contributed by atoms with van der Waals surface area (Å²) in [4.78, 5) is 26.3. The fourth-order valence-corrected chi connectivity index (χ4v) is 4.20. The maximum atomic E-state index is 12.7. The van der Waals surface area contributed by atoms with Gasteiger partial charge in [0.2, 0.25) is 5.91 Å². The predicted octanol–water partition coefficient (Wildman–Crippen LogP) is 3.06. The third-order valence-electron chi connectivity index (χ3n) is 5.57. The maximum absolute atomic E-state index is 12.7. The zero-order valence-electron chi connectivity index (χ0n) is 17.1. The van der Waals surface area contributed by atoms with Crippen molar-refractivity contribution in [2.24, 2.45) is 11.7 Å². The van der Waals surface area contributed by atoms with Crippen LogP contribution in [0.4, 0.5) is 0 Å². The Morgan fingerprint density at radius 3 is 2.62 bits per heavy atom. The van der Waals surface area contributed by atoms with Crippen molar-refractivity contribution in [3.63, 3.8) is 0 Å². The number of likely N-dealkylation sites (tertiary alicyclic amines) is 1. The minimum absolute atomic E-state index is 0.0551. The maximum Gasteiger partial charge on any atom is 0.252 e. The van der Waals surface area contributed by atoms with E-state index in [0.29, 0.717) is 23.7 Å². The molecule has 1 aromatic heterocycles. The SMILES string of the molecule is Cc1ccc(C)n1-c1ccc(Cl)c(C(=O)NCCCN2CCCC(C(N)=O)C2)c1. The summed E-state index contributed by atoms with van der Waals surface area (Å²) in [5, 5.41) is 3.40. The van der Waals surface area contributed by atoms with Crippen molar-refractivity contribution in [2.75, 3.05) is 26.2 Å². The number of primary amides is 1. The number of halogens is 1. The molecule has 2 heterocycles. The van der Waals surface area contributed by atoms with Gasteiger partial charge in [0.15, 0.2) is 0 Å². The van der Waals surface area contributed by atoms with Gasteiger partial charge in [0.1, 0.15) is 0 Å². The molecule has 1 atom stereocenters. The Balaban J connectivity index is 1.56. The topological polar surface area (TPSA) is 80.4 Å². The molecule has 156 valence electrons. The largest absolute Gasteiger partial charge is 0.369 e. The van der Waals surface area contributed by atoms with E-state index in [1.165, 1.54) is 0 Å². The Morgan fingerprint density at radius 2 is 1.93 bits per heavy atom. The van der Waals surface area contributed by atoms with E-state index in [2.05, 4.69) is 14.8 Å². The predicted molar refractivity (Wildman–Crippen MR) is 116 cm³/mol. The van der Waals surface area contributed by atoms with Crippen molar-refractivity contribution in [2.45, 2.75) is 33.1 Å². The number of carbonyl (C=O) groups is 2. The summed E-state index contributed by atoms with van der Waals surface area (Å²) in [6.07, 6.45) is 2.67. The van der Waals surface area contributed by atoms with Crippen molar-refractivity contribution in [1.29, 1.82) is 0 Å². The average molecular weight is 417 g/mol. The van der Waals surface area contributed by atoms with Gasteiger partial charge in [-0.1, -0.05) is 11.6 Å². The van der Waals surface area contributed by atoms with Crippen LogP contribution in [0, 0.1) is 19.8 Å². The highest BCUT2D eigenvalue weighted by atomic mass is 35.5. The molecule has 29 heavy (non-hydrogen) atoms. The molecule has 2 amide bonds. The molecule has 3 rings (SSSR count). The van der Waals surface area contributed by atoms with Crippen molar-refractivity contribution in [3.05, 3.63) is 52.3 Å². The Bertz CT molecular complexity index is 873. The number of rotatable bonds is 7. The third kappa shape index (κ3) is 5.19. The van der Waals surface area contributed by atoms with E-state index in [9.17, 15) is 9.59 Å². The van der Waals surface area contributed by atoms with E-state index < -0.39 is 0 Å². The van der Waals surface area contributed by atoms with Crippen molar-refractivity contribution in [3.8, 4) is 5.69 Å². The molecular weight excluding hydrogens is 388 g/mol. The molecule has 6 nitrogen and oxygen atoms in total. The molecule has 0 bridgehead atoms. The standard InChI is InChI=1S/C22H29ClN4O2/c1-15-6-7-16(2)27(15)18-8-9-20(23)19(13-18)22(29)25-10-4-12-26-11-3-5-17(14-26)21(24)28/h6-9,13,17H,3-5,10-12,14H2,1-2H3,(H2,24,28)(H,25,29). The van der Waals surface area contributed by atoms with Crippen LogP contribution in [0.5, 0.6) is 0 Å². The van der Waals surface area contributed by atoms with E-state index in [1.807, 2.05) is 38.1 Å². The lowest BCUT2D eigenvalue weighted by atomic mass is 9.97. The smallest absolute Gasteiger partial charge is 0.252 e. The number of nitrogens with one attached hydrogen (secondary N) is 1. The first kappa shape index (κ1) is 21.4. The molecule has 1 unspecified atom stereocenters. The van der Waals surface area contributed by atoms with Gasteiger partial charge in [-0.15, -0.1) is 0 Å². The van der Waals surface area contributed by atoms with Crippen LogP contribution in [0.25, 0.3) is 5.69 Å². The Morgan fingerprint density at radius 1 is 1.21 bits per heavy atom. The van der Waals surface area contributed by atoms with Crippen LogP contribution in [0.2, 0.25) is 5.02 Å². The van der Waals surface area contributed by atoms with Crippen LogP contribution < -0.4 is 11.1 Å². The average Bonchev–Trinajstić information content (AvgIpc) is 3.04. The number of nitrogens with zero attached hydrogens (tertiary/aromatic N) is 2. The molecule has 1 aromatic carbocycles. The Labute approximate surface area is 177 Å². The van der Waals surface area contributed by atoms with Gasteiger partial charge in [-0.05, 0) is 76.5 Å². The van der Waals surface area contributed by atoms with Gasteiger partial charge in [0, 0.05) is 30.2 Å². The first-order valence-corrected chi connectivity index (χ1v) is 10.5. The molecule has 0 spiro atoms. The van der Waals surface area contributed by atoms with E-state index in [1.54, 1.807) is 6.07 Å². The van der Waals surface area contributed by atoms with E-state index >= 15 is 0 Å². The van der Waals surface area contributed by atoms with Gasteiger partial charge < -0.3 is 20.5 Å². The summed E-state index contributed by atoms with van der Waals surface area (Å²) in [7, 11) is 0. The second-order valence-corrected chi connectivity index (χ2v) is 8.17. The van der Waals surface area contributed by atoms with Crippen LogP contribution >= 0.6 is 11.6 Å². The fourth-order valence-electron chi connectivity index (χ4n) is 3.99. The summed E-state index contributed by atoms with van der Waals surface area (Å²) in [6, 6.07) is 9.62. The number of nitrogens with two attached hydrogens (primary N) is 1. The lowest BCUT2D eigenvalue weighted by molar-refractivity contribution is -0.123. The number of hydrogen-bond donors (Lipinski definition) is 2. The summed E-state index contributed by atoms with van der Waals surface area (Å²) in [6.45, 7) is 7.14. The number of carbonyl (C=O) groups excluding carboxylic acids is 2. The van der Waals surface area contributed by atoms with E-state index in [4.69, 9.17) is 17.3 Å². The van der Waals surface area contributed by atoms with Crippen LogP contribution in [-0.2, 0) is 4.79 Å². The highest BCUT2D eigenvalue weighted by molar-refractivity contribution is 6.33. The molecule has 1 aliphatic heterocycles. The van der Waals surface area contributed by atoms with Crippen molar-refractivity contribution < 1.29 is 9.59 Å². The van der Waals surface area contributed by atoms with Gasteiger partial charge in [-0.2, -0.15) is 0 Å². The van der Waals surface area contributed by atoms with Gasteiger partial charge in [-0.3, -0.25) is 9.59 Å². The zero-order chi connectivity index (χ0) is 21.0. The van der Waals surface area contributed by atoms with Crippen LogP contribution in [0.3, 0.4) is 0 Å². The molecule has 2 aromatic rings. The molecule has 1 saturated heterocycles. The van der Waals surface area contributed by atoms with Crippen LogP contribution in [0.1, 0.15) is 41.0 Å². The zero-order valence-corrected chi connectivity index (χ0v) is 17.8. The third-order valence-corrected chi connectivity index (χ3v) is 5.90. The van der Waals surface area contributed by atoms with Crippen molar-refractivity contribution >= 4 is 23.4 Å². The van der Waals surface area contributed by atoms with Gasteiger partial charge in [-0.25, -0.2) is 0 Å². The number of aromatic nitrogens is 1. The second kappa shape index (κ2) is 9.46. The molecule has 3 N–H and O–H groups in total. The molecule has 0 aliphatic carbocycles. The fraction of sp³-hybridized carbons (Fsp3) is 0.455. The first-order chi connectivity index (χ1) is 13.9. The quantitative estimate of drug-likeness (QED) is 0.680. The first-order valence-electron chi connectivity index (χ1n) is 10.1. The Hall–Kier alpha value is -2.31. The number of hydrogen-bond acceptors (Lipinski definition) is 3. The summed E-state index contributed by atoms with van der Waals surface area (Å²) in [5.41, 5.74) is 9.04. The van der Waals surface area contributed by atoms with E-state index in [0.717, 1.165) is 49.4 Å². The molecule has 1 aliphatic rings. The number of benzene rings is 1. The molecule has 7 heteroatoms. The van der Waals surface area contributed by atoms with Crippen LogP contribution in [-0.4, -0.2) is 47.5 Å². The highest BCUT2D eigenvalue weighted by Gasteiger charge is 2.23. The lowest BCUT2D eigenvalue weighted by Crippen LogP contribution is -2.42. The van der Waals surface area contributed by atoms with Gasteiger partial charge in [0.05, 0.1) is 16.5 Å². The second-order valence-electron chi connectivity index (χ2n) is 7.77. The van der Waals surface area contributed by atoms with Crippen molar-refractivity contribution in [1.82, 2.24) is 14.8 Å². The summed E-state index contributed by atoms with van der Waals surface area (Å²) < 4.78 is 2.10. The highest BCUT2D eigenvalue weighted by Crippen LogP contribution is 2.23.